The number of nitrogens with zero attached hydrogens (tertiary/aromatic N) is 3. The maximum Gasteiger partial charge on any atom is 0.196 e. The molecule has 4 aromatic carbocycles. The molecular formula is C28H20N4O2. The molecule has 1 aromatic heterocycles. The molecule has 0 atom stereocenters. The fourth-order valence-electron chi connectivity index (χ4n) is 4.53. The van der Waals surface area contributed by atoms with Crippen molar-refractivity contribution in [2.45, 2.75) is 13.8 Å². The van der Waals surface area contributed by atoms with E-state index in [-0.39, 0.29) is 17.1 Å². The molecule has 6 rings (SSSR count). The highest BCUT2D eigenvalue weighted by atomic mass is 16.1. The van der Waals surface area contributed by atoms with E-state index in [1.165, 1.54) is 0 Å². The summed E-state index contributed by atoms with van der Waals surface area (Å²) in [6.07, 6.45) is 0. The van der Waals surface area contributed by atoms with Crippen LogP contribution < -0.4 is 5.32 Å². The van der Waals surface area contributed by atoms with E-state index in [2.05, 4.69) is 15.6 Å². The predicted molar refractivity (Wildman–Crippen MR) is 131 cm³/mol. The number of carbonyl (C=O) groups is 2. The lowest BCUT2D eigenvalue weighted by Gasteiger charge is -2.21. The number of hydrogen-bond donors (Lipinski definition) is 1. The first-order valence-electron chi connectivity index (χ1n) is 11.0. The number of rotatable bonds is 3. The molecular weight excluding hydrogens is 424 g/mol. The molecule has 164 valence electrons. The van der Waals surface area contributed by atoms with Crippen LogP contribution in [0.5, 0.6) is 0 Å². The standard InChI is InChI=1S/C28H20N4O2/c1-16-11-13-18(14-12-16)29-21-15-23-26(30-31-32(23)22-10-6-3-7-17(22)2)25-24(21)27(33)19-8-4-5-9-20(19)28(25)34/h3-15,29H,1-2H3. The molecule has 6 nitrogen and oxygen atoms in total. The Balaban J connectivity index is 1.66. The van der Waals surface area contributed by atoms with Gasteiger partial charge in [-0.2, -0.15) is 0 Å². The molecule has 1 heterocycles. The third-order valence-electron chi connectivity index (χ3n) is 6.29. The second kappa shape index (κ2) is 7.49. The summed E-state index contributed by atoms with van der Waals surface area (Å²) in [7, 11) is 0. The number of aryl methyl sites for hydroxylation is 2. The smallest absolute Gasteiger partial charge is 0.196 e. The molecule has 0 fully saturated rings. The van der Waals surface area contributed by atoms with E-state index in [1.807, 2.05) is 68.4 Å². The van der Waals surface area contributed by atoms with Crippen LogP contribution in [-0.4, -0.2) is 26.6 Å². The Bertz CT molecular complexity index is 1630. The lowest BCUT2D eigenvalue weighted by molar-refractivity contribution is 0.0981. The molecule has 0 unspecified atom stereocenters. The van der Waals surface area contributed by atoms with Crippen molar-refractivity contribution in [3.63, 3.8) is 0 Å². The Morgan fingerprint density at radius 3 is 2.12 bits per heavy atom. The number of aromatic nitrogens is 3. The monoisotopic (exact) mass is 444 g/mol. The molecule has 1 N–H and O–H groups in total. The van der Waals surface area contributed by atoms with Gasteiger partial charge in [0.15, 0.2) is 11.6 Å². The van der Waals surface area contributed by atoms with Crippen LogP contribution in [0.1, 0.15) is 43.0 Å². The fourth-order valence-corrected chi connectivity index (χ4v) is 4.53. The number of ketones is 2. The maximum absolute atomic E-state index is 13.7. The first-order chi connectivity index (χ1) is 16.5. The summed E-state index contributed by atoms with van der Waals surface area (Å²) < 4.78 is 1.73. The normalized spacial score (nSPS) is 12.5. The molecule has 5 aromatic rings. The van der Waals surface area contributed by atoms with Crippen LogP contribution >= 0.6 is 0 Å². The van der Waals surface area contributed by atoms with Gasteiger partial charge in [0.2, 0.25) is 0 Å². The molecule has 0 saturated heterocycles. The number of nitrogens with one attached hydrogen (secondary N) is 1. The third-order valence-corrected chi connectivity index (χ3v) is 6.29. The molecule has 34 heavy (non-hydrogen) atoms. The van der Waals surface area contributed by atoms with Gasteiger partial charge >= 0.3 is 0 Å². The van der Waals surface area contributed by atoms with Crippen molar-refractivity contribution < 1.29 is 9.59 Å². The van der Waals surface area contributed by atoms with Crippen LogP contribution in [0, 0.1) is 13.8 Å². The van der Waals surface area contributed by atoms with Crippen LogP contribution in [-0.2, 0) is 0 Å². The minimum absolute atomic E-state index is 0.202. The van der Waals surface area contributed by atoms with Crippen LogP contribution in [0.25, 0.3) is 16.7 Å². The zero-order valence-corrected chi connectivity index (χ0v) is 18.7. The highest BCUT2D eigenvalue weighted by Crippen LogP contribution is 2.38. The summed E-state index contributed by atoms with van der Waals surface area (Å²) in [5.41, 5.74) is 6.86. The molecule has 1 aliphatic carbocycles. The summed E-state index contributed by atoms with van der Waals surface area (Å²) >= 11 is 0. The first-order valence-corrected chi connectivity index (χ1v) is 11.0. The van der Waals surface area contributed by atoms with Crippen molar-refractivity contribution in [3.8, 4) is 5.69 Å². The minimum atomic E-state index is -0.223. The summed E-state index contributed by atoms with van der Waals surface area (Å²) in [6, 6.07) is 24.5. The van der Waals surface area contributed by atoms with Gasteiger partial charge in [0.25, 0.3) is 0 Å². The third kappa shape index (κ3) is 2.96. The molecule has 0 radical (unpaired) electrons. The van der Waals surface area contributed by atoms with Gasteiger partial charge in [-0.3, -0.25) is 9.59 Å². The van der Waals surface area contributed by atoms with Gasteiger partial charge in [0.05, 0.1) is 28.0 Å². The zero-order chi connectivity index (χ0) is 23.4. The SMILES string of the molecule is Cc1ccc(Nc2cc3c(nnn3-c3ccccc3C)c3c2C(=O)c2ccccc2C3=O)cc1. The molecule has 1 aliphatic rings. The second-order valence-electron chi connectivity index (χ2n) is 8.52. The Hall–Kier alpha value is -4.58. The van der Waals surface area contributed by atoms with Gasteiger partial charge in [-0.05, 0) is 43.7 Å². The van der Waals surface area contributed by atoms with Crippen molar-refractivity contribution in [1.82, 2.24) is 15.0 Å². The highest BCUT2D eigenvalue weighted by Gasteiger charge is 2.35. The first kappa shape index (κ1) is 20.1. The summed E-state index contributed by atoms with van der Waals surface area (Å²) in [4.78, 5) is 27.3. The van der Waals surface area contributed by atoms with Crippen molar-refractivity contribution in [2.24, 2.45) is 0 Å². The molecule has 0 saturated carbocycles. The van der Waals surface area contributed by atoms with Crippen LogP contribution in [0.4, 0.5) is 11.4 Å². The highest BCUT2D eigenvalue weighted by molar-refractivity contribution is 6.33. The molecule has 0 spiro atoms. The Morgan fingerprint density at radius 2 is 1.41 bits per heavy atom. The van der Waals surface area contributed by atoms with E-state index in [0.29, 0.717) is 33.4 Å². The molecule has 0 amide bonds. The molecule has 6 heteroatoms. The summed E-state index contributed by atoms with van der Waals surface area (Å²) in [6.45, 7) is 4.01. The van der Waals surface area contributed by atoms with Crippen LogP contribution in [0.3, 0.4) is 0 Å². The van der Waals surface area contributed by atoms with Gasteiger partial charge in [0, 0.05) is 16.8 Å². The van der Waals surface area contributed by atoms with E-state index in [9.17, 15) is 9.59 Å². The fraction of sp³-hybridized carbons (Fsp3) is 0.0714. The van der Waals surface area contributed by atoms with Gasteiger partial charge in [0.1, 0.15) is 5.52 Å². The topological polar surface area (TPSA) is 76.9 Å². The van der Waals surface area contributed by atoms with Gasteiger partial charge in [-0.25, -0.2) is 4.68 Å². The number of anilines is 2. The number of para-hydroxylation sites is 1. The number of fused-ring (bicyclic) bond motifs is 4. The van der Waals surface area contributed by atoms with Gasteiger partial charge < -0.3 is 5.32 Å². The van der Waals surface area contributed by atoms with E-state index >= 15 is 0 Å². The number of hydrogen-bond acceptors (Lipinski definition) is 5. The van der Waals surface area contributed by atoms with Crippen LogP contribution in [0.2, 0.25) is 0 Å². The van der Waals surface area contributed by atoms with Crippen molar-refractivity contribution >= 4 is 34.0 Å². The van der Waals surface area contributed by atoms with Gasteiger partial charge in [-0.15, -0.1) is 5.10 Å². The average Bonchev–Trinajstić information content (AvgIpc) is 3.27. The van der Waals surface area contributed by atoms with Gasteiger partial charge in [-0.1, -0.05) is 65.4 Å². The largest absolute Gasteiger partial charge is 0.355 e. The Kier molecular flexibility index (Phi) is 4.42. The van der Waals surface area contributed by atoms with E-state index < -0.39 is 0 Å². The summed E-state index contributed by atoms with van der Waals surface area (Å²) in [5.74, 6) is -0.424. The van der Waals surface area contributed by atoms with E-state index in [1.54, 1.807) is 28.9 Å². The predicted octanol–water partition coefficient (Wildman–Crippen LogP) is 5.56. The summed E-state index contributed by atoms with van der Waals surface area (Å²) in [5, 5.41) is 12.1. The van der Waals surface area contributed by atoms with E-state index in [4.69, 9.17) is 0 Å². The minimum Gasteiger partial charge on any atom is -0.355 e. The van der Waals surface area contributed by atoms with Crippen LogP contribution in [0.15, 0.2) is 78.9 Å². The Labute approximate surface area is 195 Å². The van der Waals surface area contributed by atoms with Crippen molar-refractivity contribution in [1.29, 1.82) is 0 Å². The number of benzene rings is 4. The zero-order valence-electron chi connectivity index (χ0n) is 18.7. The van der Waals surface area contributed by atoms with Crippen molar-refractivity contribution in [3.05, 3.63) is 112 Å². The van der Waals surface area contributed by atoms with E-state index in [0.717, 1.165) is 22.5 Å². The maximum atomic E-state index is 13.7. The number of carbonyl (C=O) groups excluding carboxylic acids is 2. The lowest BCUT2D eigenvalue weighted by Crippen LogP contribution is -2.22. The lowest BCUT2D eigenvalue weighted by atomic mass is 9.82. The average molecular weight is 444 g/mol. The Morgan fingerprint density at radius 1 is 0.765 bits per heavy atom. The second-order valence-corrected chi connectivity index (χ2v) is 8.52. The van der Waals surface area contributed by atoms with Crippen molar-refractivity contribution in [2.75, 3.05) is 5.32 Å². The molecule has 0 aliphatic heterocycles. The quantitative estimate of drug-likeness (QED) is 0.387. The molecule has 0 bridgehead atoms.